The van der Waals surface area contributed by atoms with E-state index in [1.807, 2.05) is 42.5 Å². The molecule has 0 saturated heterocycles. The molecule has 0 fully saturated rings. The number of para-hydroxylation sites is 1. The molecule has 1 heterocycles. The number of nitrogens with zero attached hydrogens (tertiary/aromatic N) is 1. The molecule has 0 saturated carbocycles. The molecule has 2 aromatic carbocycles. The maximum absolute atomic E-state index is 13.8. The summed E-state index contributed by atoms with van der Waals surface area (Å²) in [5.74, 6) is 0.981. The van der Waals surface area contributed by atoms with Crippen LogP contribution in [-0.2, 0) is 14.5 Å². The summed E-state index contributed by atoms with van der Waals surface area (Å²) in [6, 6.07) is 13.2. The van der Waals surface area contributed by atoms with Crippen molar-refractivity contribution in [3.8, 4) is 11.5 Å². The number of carbonyl (C=O) groups is 2. The van der Waals surface area contributed by atoms with E-state index in [1.165, 1.54) is 18.7 Å². The van der Waals surface area contributed by atoms with Crippen LogP contribution in [0, 0.1) is 0 Å². The van der Waals surface area contributed by atoms with Gasteiger partial charge in [0.15, 0.2) is 4.87 Å². The largest absolute Gasteiger partial charge is 0.497 e. The summed E-state index contributed by atoms with van der Waals surface area (Å²) in [6.07, 6.45) is 1.87. The Morgan fingerprint density at radius 1 is 1.23 bits per heavy atom. The first kappa shape index (κ1) is 23.6. The van der Waals surface area contributed by atoms with E-state index in [9.17, 15) is 9.59 Å². The maximum atomic E-state index is 13.8. The summed E-state index contributed by atoms with van der Waals surface area (Å²) in [5, 5.41) is 4.15. The molecule has 31 heavy (non-hydrogen) atoms. The third-order valence-corrected chi connectivity index (χ3v) is 7.00. The van der Waals surface area contributed by atoms with Gasteiger partial charge in [-0.15, -0.1) is 0 Å². The van der Waals surface area contributed by atoms with Crippen LogP contribution in [0.1, 0.15) is 25.3 Å². The van der Waals surface area contributed by atoms with Crippen LogP contribution in [0.3, 0.4) is 0 Å². The SMILES string of the molecule is COc1ccc(OCCCCBr)c(C2(NCC(C)=O)Sc3ccccc3N(C)C2=O)c1. The number of methoxy groups -OCH3 is 1. The first-order chi connectivity index (χ1) is 14.9. The summed E-state index contributed by atoms with van der Waals surface area (Å²) < 4.78 is 11.6. The van der Waals surface area contributed by atoms with E-state index in [1.54, 1.807) is 19.1 Å². The average Bonchev–Trinajstić information content (AvgIpc) is 2.78. The van der Waals surface area contributed by atoms with Gasteiger partial charge in [0.2, 0.25) is 0 Å². The van der Waals surface area contributed by atoms with Gasteiger partial charge in [-0.05, 0) is 50.1 Å². The smallest absolute Gasteiger partial charge is 0.262 e. The fourth-order valence-electron chi connectivity index (χ4n) is 3.42. The molecule has 0 bridgehead atoms. The van der Waals surface area contributed by atoms with Gasteiger partial charge in [-0.3, -0.25) is 14.9 Å². The third-order valence-electron chi connectivity index (χ3n) is 5.03. The molecule has 1 N–H and O–H groups in total. The minimum atomic E-state index is -1.23. The van der Waals surface area contributed by atoms with Crippen molar-refractivity contribution in [3.63, 3.8) is 0 Å². The number of hydrogen-bond acceptors (Lipinski definition) is 6. The maximum Gasteiger partial charge on any atom is 0.262 e. The van der Waals surface area contributed by atoms with Gasteiger partial charge in [-0.25, -0.2) is 0 Å². The van der Waals surface area contributed by atoms with Crippen molar-refractivity contribution in [3.05, 3.63) is 48.0 Å². The topological polar surface area (TPSA) is 67.9 Å². The second-order valence-corrected chi connectivity index (χ2v) is 9.33. The van der Waals surface area contributed by atoms with Crippen LogP contribution in [0.4, 0.5) is 5.69 Å². The van der Waals surface area contributed by atoms with Crippen LogP contribution in [0.15, 0.2) is 47.4 Å². The van der Waals surface area contributed by atoms with Crippen molar-refractivity contribution in [2.24, 2.45) is 0 Å². The number of alkyl halides is 1. The van der Waals surface area contributed by atoms with Crippen molar-refractivity contribution in [2.45, 2.75) is 29.5 Å². The third kappa shape index (κ3) is 5.07. The minimum absolute atomic E-state index is 0.0506. The highest BCUT2D eigenvalue weighted by Gasteiger charge is 2.49. The zero-order valence-corrected chi connectivity index (χ0v) is 20.3. The Balaban J connectivity index is 2.12. The number of thioether (sulfide) groups is 1. The van der Waals surface area contributed by atoms with E-state index in [2.05, 4.69) is 21.2 Å². The number of likely N-dealkylation sites (N-methyl/N-ethyl adjacent to an activating group) is 1. The van der Waals surface area contributed by atoms with Crippen LogP contribution in [0.2, 0.25) is 0 Å². The van der Waals surface area contributed by atoms with Gasteiger partial charge in [0, 0.05) is 22.8 Å². The molecular weight excluding hydrogens is 480 g/mol. The molecule has 166 valence electrons. The van der Waals surface area contributed by atoms with E-state index in [0.717, 1.165) is 28.8 Å². The summed E-state index contributed by atoms with van der Waals surface area (Å²) in [6.45, 7) is 2.08. The van der Waals surface area contributed by atoms with Crippen molar-refractivity contribution in [1.29, 1.82) is 0 Å². The highest BCUT2D eigenvalue weighted by molar-refractivity contribution is 9.09. The molecule has 0 spiro atoms. The number of carbonyl (C=O) groups excluding carboxylic acids is 2. The lowest BCUT2D eigenvalue weighted by Crippen LogP contribution is -2.55. The molecule has 1 aliphatic rings. The Morgan fingerprint density at radius 2 is 2.00 bits per heavy atom. The van der Waals surface area contributed by atoms with Crippen molar-refractivity contribution < 1.29 is 19.1 Å². The molecule has 0 radical (unpaired) electrons. The molecule has 1 unspecified atom stereocenters. The van der Waals surface area contributed by atoms with Crippen molar-refractivity contribution >= 4 is 45.1 Å². The Hall–Kier alpha value is -2.03. The number of anilines is 1. The molecule has 1 aliphatic heterocycles. The molecule has 3 rings (SSSR count). The van der Waals surface area contributed by atoms with E-state index < -0.39 is 4.87 Å². The van der Waals surface area contributed by atoms with E-state index in [-0.39, 0.29) is 18.2 Å². The van der Waals surface area contributed by atoms with Gasteiger partial charge in [-0.1, -0.05) is 39.8 Å². The Morgan fingerprint density at radius 3 is 2.71 bits per heavy atom. The van der Waals surface area contributed by atoms with Crippen LogP contribution in [-0.4, -0.2) is 44.3 Å². The quantitative estimate of drug-likeness (QED) is 0.381. The number of amides is 1. The molecule has 6 nitrogen and oxygen atoms in total. The van der Waals surface area contributed by atoms with E-state index in [0.29, 0.717) is 23.7 Å². The zero-order chi connectivity index (χ0) is 22.4. The standard InChI is InChI=1S/C23H27BrN2O4S/c1-16(27)15-25-23(22(28)26(2)19-8-4-5-9-21(19)31-23)18-14-17(29-3)10-11-20(18)30-13-7-6-12-24/h4-5,8-11,14,25H,6-7,12-13,15H2,1-3H3. The van der Waals surface area contributed by atoms with E-state index >= 15 is 0 Å². The minimum Gasteiger partial charge on any atom is -0.497 e. The lowest BCUT2D eigenvalue weighted by Gasteiger charge is -2.41. The molecule has 1 amide bonds. The predicted octanol–water partition coefficient (Wildman–Crippen LogP) is 4.35. The molecule has 0 aliphatic carbocycles. The Bertz CT molecular complexity index is 955. The number of halogens is 1. The van der Waals surface area contributed by atoms with Crippen LogP contribution < -0.4 is 19.7 Å². The van der Waals surface area contributed by atoms with Crippen LogP contribution >= 0.6 is 27.7 Å². The van der Waals surface area contributed by atoms with E-state index in [4.69, 9.17) is 9.47 Å². The number of fused-ring (bicyclic) bond motifs is 1. The second-order valence-electron chi connectivity index (χ2n) is 7.28. The number of benzene rings is 2. The summed E-state index contributed by atoms with van der Waals surface area (Å²) in [5.41, 5.74) is 1.48. The lowest BCUT2D eigenvalue weighted by molar-refractivity contribution is -0.122. The Kier molecular flexibility index (Phi) is 8.02. The highest BCUT2D eigenvalue weighted by Crippen LogP contribution is 2.51. The summed E-state index contributed by atoms with van der Waals surface area (Å²) in [4.78, 5) is 27.0. The number of hydrogen-bond donors (Lipinski definition) is 1. The number of ketones is 1. The molecule has 2 aromatic rings. The average molecular weight is 507 g/mol. The summed E-state index contributed by atoms with van der Waals surface area (Å²) in [7, 11) is 3.34. The van der Waals surface area contributed by atoms with Crippen LogP contribution in [0.5, 0.6) is 11.5 Å². The number of ether oxygens (including phenoxy) is 2. The summed E-state index contributed by atoms with van der Waals surface area (Å²) >= 11 is 4.83. The lowest BCUT2D eigenvalue weighted by atomic mass is 10.0. The monoisotopic (exact) mass is 506 g/mol. The zero-order valence-electron chi connectivity index (χ0n) is 17.9. The highest BCUT2D eigenvalue weighted by atomic mass is 79.9. The van der Waals surface area contributed by atoms with Crippen molar-refractivity contribution in [1.82, 2.24) is 5.32 Å². The van der Waals surface area contributed by atoms with Gasteiger partial charge in [0.25, 0.3) is 5.91 Å². The van der Waals surface area contributed by atoms with Crippen LogP contribution in [0.25, 0.3) is 0 Å². The Labute approximate surface area is 195 Å². The number of nitrogens with one attached hydrogen (secondary N) is 1. The van der Waals surface area contributed by atoms with Crippen molar-refractivity contribution in [2.75, 3.05) is 37.5 Å². The second kappa shape index (κ2) is 10.5. The van der Waals surface area contributed by atoms with Gasteiger partial charge in [0.05, 0.1) is 25.9 Å². The fraction of sp³-hybridized carbons (Fsp3) is 0.391. The predicted molar refractivity (Wildman–Crippen MR) is 128 cm³/mol. The number of rotatable bonds is 10. The first-order valence-electron chi connectivity index (χ1n) is 10.1. The molecular formula is C23H27BrN2O4S. The van der Waals surface area contributed by atoms with Gasteiger partial charge in [-0.2, -0.15) is 0 Å². The number of Topliss-reactive ketones (excluding diaryl/α,β-unsaturated/α-hetero) is 1. The number of unbranched alkanes of at least 4 members (excludes halogenated alkanes) is 1. The molecule has 0 aromatic heterocycles. The van der Waals surface area contributed by atoms with Gasteiger partial charge >= 0.3 is 0 Å². The normalized spacial score (nSPS) is 17.9. The molecule has 1 atom stereocenters. The van der Waals surface area contributed by atoms with Gasteiger partial charge < -0.3 is 14.4 Å². The fourth-order valence-corrected chi connectivity index (χ4v) is 5.24. The molecule has 8 heteroatoms. The first-order valence-corrected chi connectivity index (χ1v) is 12.0. The van der Waals surface area contributed by atoms with Gasteiger partial charge in [0.1, 0.15) is 17.3 Å².